The SMILES string of the molecule is O=C(CCc1cccc(F)c1)N1CCN(c2ccccn2)CC1. The van der Waals surface area contributed by atoms with Crippen LogP contribution >= 0.6 is 0 Å². The minimum absolute atomic E-state index is 0.134. The monoisotopic (exact) mass is 313 g/mol. The number of anilines is 1. The molecule has 0 unspecified atom stereocenters. The van der Waals surface area contributed by atoms with Gasteiger partial charge in [-0.1, -0.05) is 18.2 Å². The molecule has 1 amide bonds. The second-order valence-electron chi connectivity index (χ2n) is 5.69. The number of amides is 1. The molecule has 0 atom stereocenters. The molecule has 1 saturated heterocycles. The molecule has 0 bridgehead atoms. The molecule has 1 aliphatic rings. The Bertz CT molecular complexity index is 654. The Balaban J connectivity index is 1.48. The Morgan fingerprint density at radius 2 is 1.91 bits per heavy atom. The van der Waals surface area contributed by atoms with Crippen molar-refractivity contribution in [2.75, 3.05) is 31.1 Å². The number of carbonyl (C=O) groups is 1. The molecule has 1 aromatic carbocycles. The molecule has 2 heterocycles. The average molecular weight is 313 g/mol. The van der Waals surface area contributed by atoms with E-state index in [9.17, 15) is 9.18 Å². The van der Waals surface area contributed by atoms with Crippen molar-refractivity contribution in [1.82, 2.24) is 9.88 Å². The molecule has 120 valence electrons. The molecule has 0 radical (unpaired) electrons. The van der Waals surface area contributed by atoms with Gasteiger partial charge in [0, 0.05) is 38.8 Å². The fourth-order valence-electron chi connectivity index (χ4n) is 2.83. The lowest BCUT2D eigenvalue weighted by Gasteiger charge is -2.35. The second kappa shape index (κ2) is 7.22. The van der Waals surface area contributed by atoms with Gasteiger partial charge in [0.1, 0.15) is 11.6 Å². The van der Waals surface area contributed by atoms with Crippen LogP contribution in [-0.4, -0.2) is 42.0 Å². The molecule has 0 aliphatic carbocycles. The number of pyridine rings is 1. The van der Waals surface area contributed by atoms with Gasteiger partial charge in [0.15, 0.2) is 0 Å². The summed E-state index contributed by atoms with van der Waals surface area (Å²) in [5, 5.41) is 0. The summed E-state index contributed by atoms with van der Waals surface area (Å²) in [6.07, 6.45) is 2.79. The first-order valence-corrected chi connectivity index (χ1v) is 7.90. The first-order chi connectivity index (χ1) is 11.2. The number of carbonyl (C=O) groups excluding carboxylic acids is 1. The van der Waals surface area contributed by atoms with Gasteiger partial charge in [0.25, 0.3) is 0 Å². The molecular weight excluding hydrogens is 293 g/mol. The molecule has 0 saturated carbocycles. The number of rotatable bonds is 4. The summed E-state index contributed by atoms with van der Waals surface area (Å²) in [5.41, 5.74) is 0.866. The van der Waals surface area contributed by atoms with Gasteiger partial charge in [0.05, 0.1) is 0 Å². The number of aromatic nitrogens is 1. The lowest BCUT2D eigenvalue weighted by Crippen LogP contribution is -2.49. The summed E-state index contributed by atoms with van der Waals surface area (Å²) in [6, 6.07) is 12.3. The zero-order chi connectivity index (χ0) is 16.1. The third kappa shape index (κ3) is 4.06. The maximum Gasteiger partial charge on any atom is 0.223 e. The predicted molar refractivity (Wildman–Crippen MR) is 87.8 cm³/mol. The smallest absolute Gasteiger partial charge is 0.223 e. The average Bonchev–Trinajstić information content (AvgIpc) is 2.61. The molecule has 0 spiro atoms. The van der Waals surface area contributed by atoms with Crippen molar-refractivity contribution < 1.29 is 9.18 Å². The van der Waals surface area contributed by atoms with E-state index in [4.69, 9.17) is 0 Å². The van der Waals surface area contributed by atoms with Gasteiger partial charge in [-0.15, -0.1) is 0 Å². The summed E-state index contributed by atoms with van der Waals surface area (Å²) in [6.45, 7) is 3.00. The van der Waals surface area contributed by atoms with Crippen LogP contribution in [-0.2, 0) is 11.2 Å². The molecule has 23 heavy (non-hydrogen) atoms. The highest BCUT2D eigenvalue weighted by Crippen LogP contribution is 2.14. The van der Waals surface area contributed by atoms with Crippen molar-refractivity contribution in [2.24, 2.45) is 0 Å². The predicted octanol–water partition coefficient (Wildman–Crippen LogP) is 2.50. The van der Waals surface area contributed by atoms with Gasteiger partial charge < -0.3 is 9.80 Å². The largest absolute Gasteiger partial charge is 0.353 e. The zero-order valence-corrected chi connectivity index (χ0v) is 13.0. The third-order valence-electron chi connectivity index (χ3n) is 4.12. The van der Waals surface area contributed by atoms with Crippen molar-refractivity contribution in [2.45, 2.75) is 12.8 Å². The van der Waals surface area contributed by atoms with Gasteiger partial charge >= 0.3 is 0 Å². The molecule has 2 aromatic rings. The highest BCUT2D eigenvalue weighted by atomic mass is 19.1. The fourth-order valence-corrected chi connectivity index (χ4v) is 2.83. The summed E-state index contributed by atoms with van der Waals surface area (Å²) in [7, 11) is 0. The molecule has 4 nitrogen and oxygen atoms in total. The molecular formula is C18H20FN3O. The van der Waals surface area contributed by atoms with Crippen LogP contribution in [0.5, 0.6) is 0 Å². The molecule has 0 N–H and O–H groups in total. The quantitative estimate of drug-likeness (QED) is 0.870. The molecule has 1 aromatic heterocycles. The van der Waals surface area contributed by atoms with Gasteiger partial charge in [-0.05, 0) is 36.2 Å². The van der Waals surface area contributed by atoms with Crippen LogP contribution in [0.25, 0.3) is 0 Å². The normalized spacial score (nSPS) is 14.8. The molecule has 1 aliphatic heterocycles. The number of benzene rings is 1. The van der Waals surface area contributed by atoms with E-state index in [1.54, 1.807) is 12.3 Å². The van der Waals surface area contributed by atoms with Crippen LogP contribution in [0.3, 0.4) is 0 Å². The van der Waals surface area contributed by atoms with E-state index in [2.05, 4.69) is 9.88 Å². The van der Waals surface area contributed by atoms with Crippen LogP contribution in [0.15, 0.2) is 48.7 Å². The molecule has 1 fully saturated rings. The third-order valence-corrected chi connectivity index (χ3v) is 4.12. The van der Waals surface area contributed by atoms with Crippen molar-refractivity contribution in [1.29, 1.82) is 0 Å². The summed E-state index contributed by atoms with van der Waals surface area (Å²) in [5.74, 6) is 0.841. The van der Waals surface area contributed by atoms with Gasteiger partial charge in [-0.3, -0.25) is 4.79 Å². The first-order valence-electron chi connectivity index (χ1n) is 7.90. The van der Waals surface area contributed by atoms with E-state index >= 15 is 0 Å². The highest BCUT2D eigenvalue weighted by molar-refractivity contribution is 5.76. The van der Waals surface area contributed by atoms with Crippen molar-refractivity contribution in [3.05, 3.63) is 60.0 Å². The minimum atomic E-state index is -0.251. The summed E-state index contributed by atoms with van der Waals surface area (Å²) < 4.78 is 13.1. The van der Waals surface area contributed by atoms with E-state index in [-0.39, 0.29) is 11.7 Å². The fraction of sp³-hybridized carbons (Fsp3) is 0.333. The van der Waals surface area contributed by atoms with Crippen molar-refractivity contribution >= 4 is 11.7 Å². The highest BCUT2D eigenvalue weighted by Gasteiger charge is 2.21. The Hall–Kier alpha value is -2.43. The van der Waals surface area contributed by atoms with Gasteiger partial charge in [0.2, 0.25) is 5.91 Å². The van der Waals surface area contributed by atoms with E-state index < -0.39 is 0 Å². The Kier molecular flexibility index (Phi) is 4.86. The number of nitrogens with zero attached hydrogens (tertiary/aromatic N) is 3. The summed E-state index contributed by atoms with van der Waals surface area (Å²) in [4.78, 5) is 20.7. The van der Waals surface area contributed by atoms with E-state index in [1.807, 2.05) is 29.2 Å². The second-order valence-corrected chi connectivity index (χ2v) is 5.69. The summed E-state index contributed by atoms with van der Waals surface area (Å²) >= 11 is 0. The van der Waals surface area contributed by atoms with Crippen LogP contribution in [0.1, 0.15) is 12.0 Å². The Morgan fingerprint density at radius 3 is 2.61 bits per heavy atom. The number of halogens is 1. The van der Waals surface area contributed by atoms with E-state index in [1.165, 1.54) is 12.1 Å². The number of piperazine rings is 1. The number of hydrogen-bond acceptors (Lipinski definition) is 3. The lowest BCUT2D eigenvalue weighted by atomic mass is 10.1. The Labute approximate surface area is 135 Å². The minimum Gasteiger partial charge on any atom is -0.353 e. The zero-order valence-electron chi connectivity index (χ0n) is 13.0. The van der Waals surface area contributed by atoms with Crippen molar-refractivity contribution in [3.8, 4) is 0 Å². The lowest BCUT2D eigenvalue weighted by molar-refractivity contribution is -0.131. The maximum atomic E-state index is 13.1. The first kappa shape index (κ1) is 15.5. The van der Waals surface area contributed by atoms with Crippen LogP contribution < -0.4 is 4.90 Å². The maximum absolute atomic E-state index is 13.1. The molecule has 5 heteroatoms. The topological polar surface area (TPSA) is 36.4 Å². The Morgan fingerprint density at radius 1 is 1.09 bits per heavy atom. The van der Waals surface area contributed by atoms with Crippen LogP contribution in [0, 0.1) is 5.82 Å². The number of hydrogen-bond donors (Lipinski definition) is 0. The standard InChI is InChI=1S/C18H20FN3O/c19-16-5-3-4-15(14-16)7-8-18(23)22-12-10-21(11-13-22)17-6-1-2-9-20-17/h1-6,9,14H,7-8,10-13H2. The molecule has 3 rings (SSSR count). The van der Waals surface area contributed by atoms with E-state index in [0.29, 0.717) is 25.9 Å². The van der Waals surface area contributed by atoms with Gasteiger partial charge in [-0.25, -0.2) is 9.37 Å². The van der Waals surface area contributed by atoms with Crippen molar-refractivity contribution in [3.63, 3.8) is 0 Å². The van der Waals surface area contributed by atoms with E-state index in [0.717, 1.165) is 24.5 Å². The van der Waals surface area contributed by atoms with Crippen LogP contribution in [0.2, 0.25) is 0 Å². The number of aryl methyl sites for hydroxylation is 1. The van der Waals surface area contributed by atoms with Crippen LogP contribution in [0.4, 0.5) is 10.2 Å². The van der Waals surface area contributed by atoms with Gasteiger partial charge in [-0.2, -0.15) is 0 Å².